The average Bonchev–Trinajstić information content (AvgIpc) is 3.34. The second kappa shape index (κ2) is 10.3. The van der Waals surface area contributed by atoms with Gasteiger partial charge in [-0.25, -0.2) is 0 Å². The second-order valence-corrected chi connectivity index (χ2v) is 8.93. The van der Waals surface area contributed by atoms with E-state index in [2.05, 4.69) is 54.1 Å². The highest BCUT2D eigenvalue weighted by atomic mass is 79.9. The standard InChI is InChI=1S/C29H28NO5.BrH/c1-19-4-7-22(8-5-19)32-12-3-13-33-29-24-17-30-11-10-21-15-27-28(35-18-34-27)16-23(21)25(30)14-20(24)6-9-26(29)31-2;/h4-9,14-17H,3,10-13,18H2,1-2H3;1H/q+1;/p-1. The molecule has 0 saturated heterocycles. The molecule has 0 atom stereocenters. The number of pyridine rings is 1. The van der Waals surface area contributed by atoms with Crippen molar-refractivity contribution in [3.05, 3.63) is 71.9 Å². The van der Waals surface area contributed by atoms with Crippen LogP contribution in [-0.2, 0) is 13.0 Å². The maximum Gasteiger partial charge on any atom is 0.231 e. The molecule has 0 amide bonds. The van der Waals surface area contributed by atoms with Crippen molar-refractivity contribution in [2.45, 2.75) is 26.3 Å². The Bertz CT molecular complexity index is 1400. The van der Waals surface area contributed by atoms with Crippen LogP contribution in [0.3, 0.4) is 0 Å². The molecule has 1 aromatic heterocycles. The van der Waals surface area contributed by atoms with E-state index in [1.54, 1.807) is 7.11 Å². The van der Waals surface area contributed by atoms with Crippen LogP contribution in [0.1, 0.15) is 17.5 Å². The third-order valence-corrected chi connectivity index (χ3v) is 6.62. The summed E-state index contributed by atoms with van der Waals surface area (Å²) in [6.07, 6.45) is 3.89. The largest absolute Gasteiger partial charge is 1.00 e. The molecule has 6 rings (SSSR count). The lowest BCUT2D eigenvalue weighted by Crippen LogP contribution is -3.00. The van der Waals surface area contributed by atoms with Gasteiger partial charge in [0.05, 0.1) is 31.3 Å². The molecule has 0 saturated carbocycles. The average molecular weight is 550 g/mol. The maximum atomic E-state index is 6.26. The van der Waals surface area contributed by atoms with Crippen LogP contribution in [-0.4, -0.2) is 27.1 Å². The van der Waals surface area contributed by atoms with E-state index in [4.69, 9.17) is 23.7 Å². The van der Waals surface area contributed by atoms with Crippen molar-refractivity contribution in [1.29, 1.82) is 0 Å². The Labute approximate surface area is 221 Å². The van der Waals surface area contributed by atoms with Gasteiger partial charge in [0.1, 0.15) is 5.75 Å². The number of aryl methyl sites for hydroxylation is 3. The van der Waals surface area contributed by atoms with Gasteiger partial charge in [-0.1, -0.05) is 17.7 Å². The summed E-state index contributed by atoms with van der Waals surface area (Å²) in [6, 6.07) is 18.6. The van der Waals surface area contributed by atoms with Gasteiger partial charge >= 0.3 is 0 Å². The Hall–Kier alpha value is -3.45. The monoisotopic (exact) mass is 549 g/mol. The molecule has 0 aliphatic carbocycles. The number of aromatic nitrogens is 1. The summed E-state index contributed by atoms with van der Waals surface area (Å²) < 4.78 is 31.3. The zero-order chi connectivity index (χ0) is 23.8. The Morgan fingerprint density at radius 1 is 0.917 bits per heavy atom. The molecule has 0 unspecified atom stereocenters. The fourth-order valence-corrected chi connectivity index (χ4v) is 4.76. The van der Waals surface area contributed by atoms with E-state index >= 15 is 0 Å². The van der Waals surface area contributed by atoms with E-state index in [0.717, 1.165) is 58.9 Å². The van der Waals surface area contributed by atoms with Crippen molar-refractivity contribution in [3.8, 4) is 40.0 Å². The number of nitrogens with zero attached hydrogens (tertiary/aromatic N) is 1. The minimum absolute atomic E-state index is 0. The van der Waals surface area contributed by atoms with Crippen LogP contribution in [0.25, 0.3) is 22.0 Å². The molecule has 3 heterocycles. The molecule has 7 heteroatoms. The lowest BCUT2D eigenvalue weighted by Gasteiger charge is -2.18. The molecule has 6 nitrogen and oxygen atoms in total. The Balaban J connectivity index is 0.00000267. The third kappa shape index (κ3) is 4.55. The number of hydrogen-bond acceptors (Lipinski definition) is 5. The Morgan fingerprint density at radius 2 is 1.69 bits per heavy atom. The minimum Gasteiger partial charge on any atom is -1.00 e. The number of halogens is 1. The number of rotatable bonds is 7. The number of ether oxygens (including phenoxy) is 5. The van der Waals surface area contributed by atoms with Crippen LogP contribution < -0.4 is 45.2 Å². The van der Waals surface area contributed by atoms with Crippen LogP contribution in [0.15, 0.2) is 60.8 Å². The summed E-state index contributed by atoms with van der Waals surface area (Å²) >= 11 is 0. The smallest absolute Gasteiger partial charge is 0.231 e. The predicted octanol–water partition coefficient (Wildman–Crippen LogP) is 2.25. The third-order valence-electron chi connectivity index (χ3n) is 6.62. The highest BCUT2D eigenvalue weighted by molar-refractivity contribution is 5.91. The van der Waals surface area contributed by atoms with Gasteiger partial charge in [-0.15, -0.1) is 0 Å². The van der Waals surface area contributed by atoms with E-state index in [1.165, 1.54) is 22.4 Å². The van der Waals surface area contributed by atoms with Crippen LogP contribution in [0.5, 0.6) is 28.7 Å². The van der Waals surface area contributed by atoms with Crippen LogP contribution in [0.2, 0.25) is 0 Å². The van der Waals surface area contributed by atoms with Gasteiger partial charge in [0.25, 0.3) is 0 Å². The molecule has 4 aromatic rings. The molecule has 0 N–H and O–H groups in total. The molecule has 36 heavy (non-hydrogen) atoms. The topological polar surface area (TPSA) is 50.0 Å². The molecular weight excluding hydrogens is 522 g/mol. The predicted molar refractivity (Wildman–Crippen MR) is 133 cm³/mol. The van der Waals surface area contributed by atoms with Crippen molar-refractivity contribution in [2.75, 3.05) is 27.1 Å². The van der Waals surface area contributed by atoms with E-state index in [-0.39, 0.29) is 23.8 Å². The normalized spacial score (nSPS) is 12.9. The van der Waals surface area contributed by atoms with Crippen molar-refractivity contribution in [3.63, 3.8) is 0 Å². The first kappa shape index (κ1) is 24.3. The van der Waals surface area contributed by atoms with Gasteiger partial charge in [0.2, 0.25) is 12.5 Å². The van der Waals surface area contributed by atoms with Gasteiger partial charge in [-0.3, -0.25) is 0 Å². The number of fused-ring (bicyclic) bond motifs is 5. The van der Waals surface area contributed by atoms with Crippen LogP contribution in [0.4, 0.5) is 0 Å². The first-order valence-corrected chi connectivity index (χ1v) is 12.0. The summed E-state index contributed by atoms with van der Waals surface area (Å²) in [7, 11) is 1.68. The maximum absolute atomic E-state index is 6.26. The molecule has 0 spiro atoms. The fraction of sp³-hybridized carbons (Fsp3) is 0.276. The number of benzene rings is 3. The van der Waals surface area contributed by atoms with E-state index < -0.39 is 0 Å². The molecule has 3 aromatic carbocycles. The molecule has 2 aliphatic rings. The highest BCUT2D eigenvalue weighted by Crippen LogP contribution is 2.41. The van der Waals surface area contributed by atoms with Crippen LogP contribution in [0, 0.1) is 6.92 Å². The summed E-state index contributed by atoms with van der Waals surface area (Å²) in [4.78, 5) is 0. The van der Waals surface area contributed by atoms with Gasteiger partial charge in [0.15, 0.2) is 35.7 Å². The molecular formula is C29H28BrNO5. The zero-order valence-electron chi connectivity index (χ0n) is 20.4. The molecule has 0 radical (unpaired) electrons. The number of methoxy groups -OCH3 is 1. The van der Waals surface area contributed by atoms with E-state index in [1.807, 2.05) is 18.2 Å². The van der Waals surface area contributed by atoms with Crippen molar-refractivity contribution >= 4 is 10.8 Å². The molecule has 2 aliphatic heterocycles. The zero-order valence-corrected chi connectivity index (χ0v) is 22.0. The SMILES string of the molecule is COc1ccc2cc3[n+](cc2c1OCCCOc1ccc(C)cc1)CCc1cc2c(cc1-3)OCO2.[Br-]. The minimum atomic E-state index is 0. The van der Waals surface area contributed by atoms with Gasteiger partial charge in [-0.2, -0.15) is 4.57 Å². The summed E-state index contributed by atoms with van der Waals surface area (Å²) in [5, 5.41) is 2.14. The first-order valence-electron chi connectivity index (χ1n) is 12.0. The number of hydrogen-bond donors (Lipinski definition) is 0. The molecule has 0 bridgehead atoms. The summed E-state index contributed by atoms with van der Waals surface area (Å²) in [6.45, 7) is 4.37. The molecule has 0 fully saturated rings. The highest BCUT2D eigenvalue weighted by Gasteiger charge is 2.28. The van der Waals surface area contributed by atoms with Crippen molar-refractivity contribution in [1.82, 2.24) is 0 Å². The summed E-state index contributed by atoms with van der Waals surface area (Å²) in [5.74, 6) is 4.03. The van der Waals surface area contributed by atoms with Gasteiger partial charge in [-0.05, 0) is 54.3 Å². The quantitative estimate of drug-likeness (QED) is 0.261. The van der Waals surface area contributed by atoms with Crippen molar-refractivity contribution in [2.24, 2.45) is 0 Å². The Morgan fingerprint density at radius 3 is 2.50 bits per heavy atom. The van der Waals surface area contributed by atoms with Crippen LogP contribution >= 0.6 is 0 Å². The second-order valence-electron chi connectivity index (χ2n) is 8.93. The summed E-state index contributed by atoms with van der Waals surface area (Å²) in [5.41, 5.74) is 4.86. The molecule has 186 valence electrons. The Kier molecular flexibility index (Phi) is 6.92. The van der Waals surface area contributed by atoms with Gasteiger partial charge in [0, 0.05) is 18.9 Å². The lowest BCUT2D eigenvalue weighted by atomic mass is 9.95. The fourth-order valence-electron chi connectivity index (χ4n) is 4.76. The van der Waals surface area contributed by atoms with E-state index in [0.29, 0.717) is 13.2 Å². The lowest BCUT2D eigenvalue weighted by molar-refractivity contribution is -0.686. The first-order chi connectivity index (χ1) is 17.2. The van der Waals surface area contributed by atoms with E-state index in [9.17, 15) is 0 Å². The van der Waals surface area contributed by atoms with Gasteiger partial charge < -0.3 is 40.7 Å². The van der Waals surface area contributed by atoms with Crippen molar-refractivity contribution < 1.29 is 45.2 Å².